The van der Waals surface area contributed by atoms with Gasteiger partial charge in [-0.2, -0.15) is 0 Å². The molecule has 0 bridgehead atoms. The molecule has 1 aliphatic rings. The minimum Gasteiger partial charge on any atom is -0.495 e. The van der Waals surface area contributed by atoms with Crippen molar-refractivity contribution in [1.82, 2.24) is 0 Å². The molecule has 7 heteroatoms. The number of rotatable bonds is 3. The Morgan fingerprint density at radius 1 is 1.33 bits per heavy atom. The van der Waals surface area contributed by atoms with Crippen LogP contribution in [0.15, 0.2) is 30.3 Å². The first-order valence-corrected chi connectivity index (χ1v) is 7.58. The van der Waals surface area contributed by atoms with E-state index in [2.05, 4.69) is 10.6 Å². The number of benzene rings is 2. The quantitative estimate of drug-likeness (QED) is 0.894. The van der Waals surface area contributed by atoms with Crippen LogP contribution in [0.1, 0.15) is 15.9 Å². The SMILES string of the molecule is COc1cc(Cl)c(C)cc1NC(=O)c1ccc2c(c1)OCC(=O)N2. The average molecular weight is 347 g/mol. The van der Waals surface area contributed by atoms with E-state index in [-0.39, 0.29) is 18.4 Å². The fourth-order valence-electron chi connectivity index (χ4n) is 2.34. The molecule has 2 aromatic rings. The summed E-state index contributed by atoms with van der Waals surface area (Å²) in [5.74, 6) is 0.390. The maximum absolute atomic E-state index is 12.5. The molecule has 0 fully saturated rings. The molecule has 2 N–H and O–H groups in total. The summed E-state index contributed by atoms with van der Waals surface area (Å²) in [6, 6.07) is 8.22. The molecular formula is C17H15ClN2O4. The molecule has 0 aromatic heterocycles. The van der Waals surface area contributed by atoms with Crippen molar-refractivity contribution in [2.45, 2.75) is 6.92 Å². The number of anilines is 2. The summed E-state index contributed by atoms with van der Waals surface area (Å²) in [5, 5.41) is 6.03. The van der Waals surface area contributed by atoms with Gasteiger partial charge in [0.1, 0.15) is 11.5 Å². The predicted molar refractivity (Wildman–Crippen MR) is 91.3 cm³/mol. The van der Waals surface area contributed by atoms with Crippen molar-refractivity contribution in [3.63, 3.8) is 0 Å². The molecule has 0 unspecified atom stereocenters. The highest BCUT2D eigenvalue weighted by atomic mass is 35.5. The second-order valence-electron chi connectivity index (χ2n) is 5.30. The average Bonchev–Trinajstić information content (AvgIpc) is 2.57. The molecule has 1 aliphatic heterocycles. The number of halogens is 1. The number of hydrogen-bond donors (Lipinski definition) is 2. The van der Waals surface area contributed by atoms with Crippen LogP contribution in [-0.4, -0.2) is 25.5 Å². The van der Waals surface area contributed by atoms with Gasteiger partial charge in [-0.15, -0.1) is 0 Å². The highest BCUT2D eigenvalue weighted by molar-refractivity contribution is 6.31. The summed E-state index contributed by atoms with van der Waals surface area (Å²) in [6.07, 6.45) is 0. The first-order chi connectivity index (χ1) is 11.5. The van der Waals surface area contributed by atoms with E-state index in [1.807, 2.05) is 6.92 Å². The van der Waals surface area contributed by atoms with Crippen LogP contribution in [0, 0.1) is 6.92 Å². The van der Waals surface area contributed by atoms with Crippen molar-refractivity contribution in [2.24, 2.45) is 0 Å². The standard InChI is InChI=1S/C17H15ClN2O4/c1-9-5-13(14(23-2)7-11(9)18)20-17(22)10-3-4-12-15(6-10)24-8-16(21)19-12/h3-7H,8H2,1-2H3,(H,19,21)(H,20,22). The lowest BCUT2D eigenvalue weighted by Crippen LogP contribution is -2.25. The van der Waals surface area contributed by atoms with Crippen LogP contribution in [0.3, 0.4) is 0 Å². The van der Waals surface area contributed by atoms with E-state index in [0.29, 0.717) is 33.5 Å². The number of amides is 2. The molecule has 3 rings (SSSR count). The summed E-state index contributed by atoms with van der Waals surface area (Å²) in [4.78, 5) is 23.8. The van der Waals surface area contributed by atoms with E-state index < -0.39 is 0 Å². The number of nitrogens with one attached hydrogen (secondary N) is 2. The number of carbonyl (C=O) groups excluding carboxylic acids is 2. The zero-order valence-corrected chi connectivity index (χ0v) is 13.9. The maximum Gasteiger partial charge on any atom is 0.262 e. The van der Waals surface area contributed by atoms with Crippen molar-refractivity contribution in [3.8, 4) is 11.5 Å². The third kappa shape index (κ3) is 3.14. The van der Waals surface area contributed by atoms with Gasteiger partial charge in [-0.3, -0.25) is 9.59 Å². The van der Waals surface area contributed by atoms with E-state index in [4.69, 9.17) is 21.1 Å². The molecule has 6 nitrogen and oxygen atoms in total. The van der Waals surface area contributed by atoms with E-state index in [1.54, 1.807) is 30.3 Å². The van der Waals surface area contributed by atoms with Gasteiger partial charge in [-0.1, -0.05) is 11.6 Å². The van der Waals surface area contributed by atoms with Gasteiger partial charge in [-0.05, 0) is 36.8 Å². The minimum atomic E-state index is -0.321. The van der Waals surface area contributed by atoms with Crippen LogP contribution in [0.4, 0.5) is 11.4 Å². The lowest BCUT2D eigenvalue weighted by molar-refractivity contribution is -0.118. The Morgan fingerprint density at radius 3 is 2.88 bits per heavy atom. The fraction of sp³-hybridized carbons (Fsp3) is 0.176. The second kappa shape index (κ2) is 6.41. The van der Waals surface area contributed by atoms with Gasteiger partial charge in [-0.25, -0.2) is 0 Å². The molecule has 0 radical (unpaired) electrons. The van der Waals surface area contributed by atoms with Crippen LogP contribution in [0.25, 0.3) is 0 Å². The third-order valence-electron chi connectivity index (χ3n) is 3.61. The lowest BCUT2D eigenvalue weighted by Gasteiger charge is -2.18. The lowest BCUT2D eigenvalue weighted by atomic mass is 10.1. The van der Waals surface area contributed by atoms with Crippen LogP contribution >= 0.6 is 11.6 Å². The zero-order chi connectivity index (χ0) is 17.3. The molecule has 0 saturated carbocycles. The molecule has 2 aromatic carbocycles. The van der Waals surface area contributed by atoms with Gasteiger partial charge < -0.3 is 20.1 Å². The minimum absolute atomic E-state index is 0.0672. The van der Waals surface area contributed by atoms with Gasteiger partial charge in [0.15, 0.2) is 6.61 Å². The van der Waals surface area contributed by atoms with Crippen molar-refractivity contribution in [3.05, 3.63) is 46.5 Å². The molecule has 24 heavy (non-hydrogen) atoms. The van der Waals surface area contributed by atoms with Crippen LogP contribution in [0.2, 0.25) is 5.02 Å². The number of ether oxygens (including phenoxy) is 2. The van der Waals surface area contributed by atoms with Crippen LogP contribution in [-0.2, 0) is 4.79 Å². The van der Waals surface area contributed by atoms with E-state index >= 15 is 0 Å². The molecule has 0 aliphatic carbocycles. The molecule has 0 saturated heterocycles. The summed E-state index contributed by atoms with van der Waals surface area (Å²) in [7, 11) is 1.51. The summed E-state index contributed by atoms with van der Waals surface area (Å²) >= 11 is 6.07. The van der Waals surface area contributed by atoms with Gasteiger partial charge in [0.25, 0.3) is 11.8 Å². The van der Waals surface area contributed by atoms with E-state index in [9.17, 15) is 9.59 Å². The van der Waals surface area contributed by atoms with Crippen molar-refractivity contribution in [1.29, 1.82) is 0 Å². The highest BCUT2D eigenvalue weighted by Gasteiger charge is 2.18. The maximum atomic E-state index is 12.5. The Hall–Kier alpha value is -2.73. The van der Waals surface area contributed by atoms with Crippen molar-refractivity contribution < 1.29 is 19.1 Å². The first kappa shape index (κ1) is 16.1. The number of hydrogen-bond acceptors (Lipinski definition) is 4. The Morgan fingerprint density at radius 2 is 2.12 bits per heavy atom. The largest absolute Gasteiger partial charge is 0.495 e. The molecule has 0 atom stereocenters. The smallest absolute Gasteiger partial charge is 0.262 e. The van der Waals surface area contributed by atoms with Crippen molar-refractivity contribution in [2.75, 3.05) is 24.4 Å². The van der Waals surface area contributed by atoms with Gasteiger partial charge in [0, 0.05) is 16.7 Å². The Labute approximate surface area is 143 Å². The monoisotopic (exact) mass is 346 g/mol. The van der Waals surface area contributed by atoms with Gasteiger partial charge in [0.05, 0.1) is 18.5 Å². The molecule has 2 amide bonds. The summed E-state index contributed by atoms with van der Waals surface area (Å²) in [5.41, 5.74) is 2.29. The number of methoxy groups -OCH3 is 1. The Bertz CT molecular complexity index is 836. The molecule has 0 spiro atoms. The topological polar surface area (TPSA) is 76.7 Å². The summed E-state index contributed by atoms with van der Waals surface area (Å²) < 4.78 is 10.6. The molecule has 124 valence electrons. The normalized spacial score (nSPS) is 12.7. The van der Waals surface area contributed by atoms with Gasteiger partial charge >= 0.3 is 0 Å². The first-order valence-electron chi connectivity index (χ1n) is 7.20. The highest BCUT2D eigenvalue weighted by Crippen LogP contribution is 2.32. The van der Waals surface area contributed by atoms with Crippen molar-refractivity contribution >= 4 is 34.8 Å². The zero-order valence-electron chi connectivity index (χ0n) is 13.1. The van der Waals surface area contributed by atoms with E-state index in [1.165, 1.54) is 7.11 Å². The molecule has 1 heterocycles. The number of fused-ring (bicyclic) bond motifs is 1. The third-order valence-corrected chi connectivity index (χ3v) is 4.01. The Kier molecular flexibility index (Phi) is 4.31. The summed E-state index contributed by atoms with van der Waals surface area (Å²) in [6.45, 7) is 1.77. The van der Waals surface area contributed by atoms with Crippen LogP contribution in [0.5, 0.6) is 11.5 Å². The van der Waals surface area contributed by atoms with E-state index in [0.717, 1.165) is 5.56 Å². The predicted octanol–water partition coefficient (Wildman–Crippen LogP) is 3.24. The van der Waals surface area contributed by atoms with Gasteiger partial charge in [0.2, 0.25) is 0 Å². The van der Waals surface area contributed by atoms with Crippen LogP contribution < -0.4 is 20.1 Å². The second-order valence-corrected chi connectivity index (χ2v) is 5.71. The number of carbonyl (C=O) groups is 2. The number of aryl methyl sites for hydroxylation is 1. The molecular weight excluding hydrogens is 332 g/mol. The fourth-order valence-corrected chi connectivity index (χ4v) is 2.49. The Balaban J connectivity index is 1.86.